The highest BCUT2D eigenvalue weighted by atomic mass is 19.1. The minimum absolute atomic E-state index is 0.0743. The van der Waals surface area contributed by atoms with Gasteiger partial charge in [0.05, 0.1) is 0 Å². The molecule has 25 heavy (non-hydrogen) atoms. The van der Waals surface area contributed by atoms with Crippen LogP contribution in [0.4, 0.5) is 4.39 Å². The van der Waals surface area contributed by atoms with Crippen LogP contribution in [0.5, 0.6) is 5.75 Å². The Morgan fingerprint density at radius 1 is 1.16 bits per heavy atom. The van der Waals surface area contributed by atoms with Gasteiger partial charge in [-0.05, 0) is 30.3 Å². The molecule has 2 N–H and O–H groups in total. The SMILES string of the molecule is N/C(COc1ccccc1)=N\OCc1coc(-c2cccc(F)c2)n1. The van der Waals surface area contributed by atoms with Crippen molar-refractivity contribution in [3.05, 3.63) is 72.4 Å². The Balaban J connectivity index is 1.50. The fraction of sp³-hybridized carbons (Fsp3) is 0.111. The largest absolute Gasteiger partial charge is 0.486 e. The molecule has 0 bridgehead atoms. The van der Waals surface area contributed by atoms with Crippen LogP contribution in [-0.4, -0.2) is 17.4 Å². The fourth-order valence-corrected chi connectivity index (χ4v) is 2.01. The monoisotopic (exact) mass is 341 g/mol. The lowest BCUT2D eigenvalue weighted by Crippen LogP contribution is -2.21. The number of nitrogens with two attached hydrogens (primary N) is 1. The van der Waals surface area contributed by atoms with Crippen LogP contribution in [0.2, 0.25) is 0 Å². The molecule has 0 aliphatic rings. The van der Waals surface area contributed by atoms with Gasteiger partial charge in [0.25, 0.3) is 0 Å². The quantitative estimate of drug-likeness (QED) is 0.405. The lowest BCUT2D eigenvalue weighted by molar-refractivity contribution is 0.125. The van der Waals surface area contributed by atoms with Crippen LogP contribution in [0.15, 0.2) is 70.4 Å². The number of oxazole rings is 1. The molecule has 1 heterocycles. The van der Waals surface area contributed by atoms with Crippen molar-refractivity contribution in [2.45, 2.75) is 6.61 Å². The first-order valence-electron chi connectivity index (χ1n) is 7.53. The van der Waals surface area contributed by atoms with Crippen LogP contribution in [0.3, 0.4) is 0 Å². The summed E-state index contributed by atoms with van der Waals surface area (Å²) in [5.41, 5.74) is 6.77. The summed E-state index contributed by atoms with van der Waals surface area (Å²) in [7, 11) is 0. The minimum atomic E-state index is -0.357. The summed E-state index contributed by atoms with van der Waals surface area (Å²) in [5, 5.41) is 3.76. The molecular formula is C18H16FN3O3. The predicted molar refractivity (Wildman–Crippen MR) is 90.2 cm³/mol. The van der Waals surface area contributed by atoms with Gasteiger partial charge >= 0.3 is 0 Å². The second-order valence-corrected chi connectivity index (χ2v) is 5.11. The van der Waals surface area contributed by atoms with Gasteiger partial charge in [0, 0.05) is 5.56 Å². The maximum Gasteiger partial charge on any atom is 0.226 e. The van der Waals surface area contributed by atoms with Gasteiger partial charge in [-0.15, -0.1) is 0 Å². The normalized spacial score (nSPS) is 11.3. The summed E-state index contributed by atoms with van der Waals surface area (Å²) in [6.07, 6.45) is 1.42. The number of halogens is 1. The highest BCUT2D eigenvalue weighted by Gasteiger charge is 2.08. The lowest BCUT2D eigenvalue weighted by atomic mass is 10.2. The molecule has 0 unspecified atom stereocenters. The number of amidine groups is 1. The van der Waals surface area contributed by atoms with Gasteiger partial charge in [-0.3, -0.25) is 0 Å². The first-order valence-corrected chi connectivity index (χ1v) is 7.53. The van der Waals surface area contributed by atoms with Crippen molar-refractivity contribution in [2.24, 2.45) is 10.9 Å². The Bertz CT molecular complexity index is 850. The summed E-state index contributed by atoms with van der Waals surface area (Å²) in [6.45, 7) is 0.183. The Kier molecular flexibility index (Phi) is 5.26. The maximum absolute atomic E-state index is 13.2. The van der Waals surface area contributed by atoms with Crippen LogP contribution in [0.1, 0.15) is 5.69 Å². The molecule has 0 aliphatic carbocycles. The third kappa shape index (κ3) is 4.81. The molecule has 0 aliphatic heterocycles. The molecular weight excluding hydrogens is 325 g/mol. The average Bonchev–Trinajstić information content (AvgIpc) is 3.10. The zero-order valence-corrected chi connectivity index (χ0v) is 13.3. The van der Waals surface area contributed by atoms with Gasteiger partial charge in [-0.1, -0.05) is 29.4 Å². The third-order valence-corrected chi connectivity index (χ3v) is 3.15. The molecule has 0 spiro atoms. The van der Waals surface area contributed by atoms with Crippen LogP contribution < -0.4 is 10.5 Å². The smallest absolute Gasteiger partial charge is 0.226 e. The van der Waals surface area contributed by atoms with Gasteiger partial charge < -0.3 is 19.7 Å². The molecule has 0 amide bonds. The Hall–Kier alpha value is -3.35. The number of nitrogens with zero attached hydrogens (tertiary/aromatic N) is 2. The van der Waals surface area contributed by atoms with Crippen LogP contribution in [0, 0.1) is 5.82 Å². The van der Waals surface area contributed by atoms with E-state index in [0.717, 1.165) is 0 Å². The van der Waals surface area contributed by atoms with Crippen LogP contribution in [0.25, 0.3) is 11.5 Å². The van der Waals surface area contributed by atoms with Gasteiger partial charge in [0.2, 0.25) is 5.89 Å². The Morgan fingerprint density at radius 3 is 2.80 bits per heavy atom. The molecule has 3 rings (SSSR count). The minimum Gasteiger partial charge on any atom is -0.486 e. The topological polar surface area (TPSA) is 82.9 Å². The molecule has 128 valence electrons. The number of oxime groups is 1. The van der Waals surface area contributed by atoms with Crippen molar-refractivity contribution in [1.82, 2.24) is 4.98 Å². The molecule has 3 aromatic rings. The van der Waals surface area contributed by atoms with E-state index in [-0.39, 0.29) is 24.9 Å². The summed E-state index contributed by atoms with van der Waals surface area (Å²) in [4.78, 5) is 9.34. The molecule has 0 saturated carbocycles. The van der Waals surface area contributed by atoms with E-state index >= 15 is 0 Å². The van der Waals surface area contributed by atoms with Gasteiger partial charge in [-0.25, -0.2) is 9.37 Å². The van der Waals surface area contributed by atoms with Gasteiger partial charge in [0.15, 0.2) is 12.4 Å². The average molecular weight is 341 g/mol. The standard InChI is InChI=1S/C18H16FN3O3/c19-14-6-4-5-13(9-14)18-21-15(10-24-18)11-25-22-17(20)12-23-16-7-2-1-3-8-16/h1-10H,11-12H2,(H2,20,22). The fourth-order valence-electron chi connectivity index (χ4n) is 2.01. The summed E-state index contributed by atoms with van der Waals surface area (Å²) < 4.78 is 24.0. The van der Waals surface area contributed by atoms with Crippen molar-refractivity contribution < 1.29 is 18.4 Å². The summed E-state index contributed by atoms with van der Waals surface area (Å²) in [6, 6.07) is 15.2. The van der Waals surface area contributed by atoms with Crippen molar-refractivity contribution in [2.75, 3.05) is 6.61 Å². The lowest BCUT2D eigenvalue weighted by Gasteiger charge is -2.04. The highest BCUT2D eigenvalue weighted by Crippen LogP contribution is 2.19. The molecule has 0 atom stereocenters. The van der Waals surface area contributed by atoms with E-state index in [0.29, 0.717) is 22.9 Å². The number of para-hydroxylation sites is 1. The van der Waals surface area contributed by atoms with Crippen LogP contribution in [-0.2, 0) is 11.4 Å². The van der Waals surface area contributed by atoms with Crippen LogP contribution >= 0.6 is 0 Å². The number of benzene rings is 2. The second-order valence-electron chi connectivity index (χ2n) is 5.11. The van der Waals surface area contributed by atoms with Gasteiger partial charge in [-0.2, -0.15) is 0 Å². The van der Waals surface area contributed by atoms with E-state index in [2.05, 4.69) is 10.1 Å². The molecule has 7 heteroatoms. The van der Waals surface area contributed by atoms with E-state index in [4.69, 9.17) is 19.7 Å². The van der Waals surface area contributed by atoms with Crippen molar-refractivity contribution in [3.63, 3.8) is 0 Å². The van der Waals surface area contributed by atoms with Gasteiger partial charge in [0.1, 0.15) is 30.1 Å². The van der Waals surface area contributed by atoms with E-state index in [1.807, 2.05) is 30.3 Å². The number of hydrogen-bond donors (Lipinski definition) is 1. The third-order valence-electron chi connectivity index (χ3n) is 3.15. The Morgan fingerprint density at radius 2 is 2.00 bits per heavy atom. The maximum atomic E-state index is 13.2. The molecule has 6 nitrogen and oxygen atoms in total. The number of aromatic nitrogens is 1. The van der Waals surface area contributed by atoms with Crippen molar-refractivity contribution in [1.29, 1.82) is 0 Å². The first-order chi connectivity index (χ1) is 12.2. The van der Waals surface area contributed by atoms with Crippen molar-refractivity contribution >= 4 is 5.84 Å². The van der Waals surface area contributed by atoms with E-state index in [9.17, 15) is 4.39 Å². The summed E-state index contributed by atoms with van der Waals surface area (Å²) in [5.74, 6) is 0.835. The Labute approximate surface area is 143 Å². The molecule has 0 fully saturated rings. The zero-order valence-electron chi connectivity index (χ0n) is 13.3. The highest BCUT2D eigenvalue weighted by molar-refractivity contribution is 5.81. The number of hydrogen-bond acceptors (Lipinski definition) is 5. The van der Waals surface area contributed by atoms with Crippen molar-refractivity contribution in [3.8, 4) is 17.2 Å². The molecule has 0 saturated heterocycles. The first kappa shape index (κ1) is 16.5. The van der Waals surface area contributed by atoms with E-state index in [1.54, 1.807) is 12.1 Å². The van der Waals surface area contributed by atoms with E-state index < -0.39 is 0 Å². The molecule has 0 radical (unpaired) electrons. The molecule has 1 aromatic heterocycles. The predicted octanol–water partition coefficient (Wildman–Crippen LogP) is 3.35. The number of ether oxygens (including phenoxy) is 1. The van der Waals surface area contributed by atoms with E-state index in [1.165, 1.54) is 18.4 Å². The molecule has 2 aromatic carbocycles. The zero-order chi connectivity index (χ0) is 17.5. The second kappa shape index (κ2) is 7.96. The summed E-state index contributed by atoms with van der Waals surface area (Å²) >= 11 is 0. The number of rotatable bonds is 7.